The number of likely N-dealkylation sites (tertiary alicyclic amines) is 1. The maximum atomic E-state index is 12.3. The first-order chi connectivity index (χ1) is 15.6. The molecule has 1 saturated heterocycles. The van der Waals surface area contributed by atoms with Crippen LogP contribution in [0.1, 0.15) is 49.7 Å². The number of hydrogen-bond acceptors (Lipinski definition) is 6. The Bertz CT molecular complexity index is 799. The van der Waals surface area contributed by atoms with Crippen molar-refractivity contribution in [2.24, 2.45) is 5.92 Å². The van der Waals surface area contributed by atoms with Gasteiger partial charge in [-0.2, -0.15) is 12.6 Å². The van der Waals surface area contributed by atoms with Crippen molar-refractivity contribution < 1.29 is 14.4 Å². The molecule has 5 nitrogen and oxygen atoms in total. The number of thiol groups is 1. The van der Waals surface area contributed by atoms with Crippen LogP contribution in [-0.4, -0.2) is 48.1 Å². The first-order valence-corrected chi connectivity index (χ1v) is 12.2. The number of hydrogen-bond donors (Lipinski definition) is 2. The maximum Gasteiger partial charge on any atom is 0.338 e. The van der Waals surface area contributed by atoms with E-state index in [-0.39, 0.29) is 18.3 Å². The predicted molar refractivity (Wildman–Crippen MR) is 131 cm³/mol. The van der Waals surface area contributed by atoms with Crippen LogP contribution in [0.2, 0.25) is 0 Å². The van der Waals surface area contributed by atoms with E-state index in [0.29, 0.717) is 24.0 Å². The van der Waals surface area contributed by atoms with Crippen molar-refractivity contribution in [2.75, 3.05) is 25.4 Å². The number of carbonyl (C=O) groups excluding carboxylic acids is 2. The summed E-state index contributed by atoms with van der Waals surface area (Å²) in [7, 11) is 0. The molecular formula is C26H34N2O3S. The molecule has 172 valence electrons. The zero-order valence-electron chi connectivity index (χ0n) is 18.8. The van der Waals surface area contributed by atoms with Crippen LogP contribution in [0.4, 0.5) is 0 Å². The summed E-state index contributed by atoms with van der Waals surface area (Å²) in [6, 6.07) is 20.8. The van der Waals surface area contributed by atoms with Gasteiger partial charge in [0.25, 0.3) is 0 Å². The minimum atomic E-state index is -0.550. The summed E-state index contributed by atoms with van der Waals surface area (Å²) in [5, 5.41) is 0. The number of piperidine rings is 1. The van der Waals surface area contributed by atoms with Crippen molar-refractivity contribution in [3.8, 4) is 0 Å². The van der Waals surface area contributed by atoms with Crippen LogP contribution >= 0.6 is 12.6 Å². The fourth-order valence-electron chi connectivity index (χ4n) is 4.48. The summed E-state index contributed by atoms with van der Waals surface area (Å²) in [4.78, 5) is 31.6. The molecule has 0 radical (unpaired) electrons. The molecule has 0 unspecified atom stereocenters. The second-order valence-corrected chi connectivity index (χ2v) is 8.82. The number of rotatable bonds is 11. The lowest BCUT2D eigenvalue weighted by Crippen LogP contribution is -2.44. The van der Waals surface area contributed by atoms with Gasteiger partial charge in [-0.3, -0.25) is 9.69 Å². The zero-order chi connectivity index (χ0) is 22.8. The monoisotopic (exact) mass is 454 g/mol. The molecule has 0 saturated carbocycles. The highest BCUT2D eigenvalue weighted by Gasteiger charge is 2.29. The standard InChI is InChI=1S/C26H34N2O3S/c1-2-9-24(29)23(19-32)27-31-25(30)18-28-16-14-22(15-17-28)26(20-10-5-3-6-11-20)21-12-7-4-8-13-21/h3-8,10-13,22-23,26-27,32H,2,9,14-19H2,1H3/t23-/m0/s1. The number of ketones is 1. The summed E-state index contributed by atoms with van der Waals surface area (Å²) in [5.74, 6) is 0.836. The minimum absolute atomic E-state index is 0.0176. The third-order valence-corrected chi connectivity index (χ3v) is 6.52. The van der Waals surface area contributed by atoms with Crippen LogP contribution in [0.15, 0.2) is 60.7 Å². The Balaban J connectivity index is 1.53. The summed E-state index contributed by atoms with van der Waals surface area (Å²) in [6.07, 6.45) is 3.25. The molecule has 0 aromatic heterocycles. The van der Waals surface area contributed by atoms with Gasteiger partial charge in [-0.1, -0.05) is 67.6 Å². The third-order valence-electron chi connectivity index (χ3n) is 6.16. The maximum absolute atomic E-state index is 12.3. The quantitative estimate of drug-likeness (QED) is 0.393. The van der Waals surface area contributed by atoms with Crippen LogP contribution < -0.4 is 5.48 Å². The summed E-state index contributed by atoms with van der Waals surface area (Å²) in [6.45, 7) is 3.87. The fourth-order valence-corrected chi connectivity index (χ4v) is 4.76. The average Bonchev–Trinajstić information content (AvgIpc) is 2.82. The van der Waals surface area contributed by atoms with E-state index in [1.165, 1.54) is 11.1 Å². The van der Waals surface area contributed by atoms with Gasteiger partial charge in [-0.25, -0.2) is 4.79 Å². The van der Waals surface area contributed by atoms with Crippen LogP contribution in [0.5, 0.6) is 0 Å². The van der Waals surface area contributed by atoms with E-state index in [1.807, 2.05) is 6.92 Å². The van der Waals surface area contributed by atoms with Gasteiger partial charge in [0.15, 0.2) is 5.78 Å². The molecule has 0 bridgehead atoms. The Morgan fingerprint density at radius 1 is 1.03 bits per heavy atom. The predicted octanol–water partition coefficient (Wildman–Crippen LogP) is 4.25. The first kappa shape index (κ1) is 24.5. The Morgan fingerprint density at radius 2 is 1.59 bits per heavy atom. The normalized spacial score (nSPS) is 16.1. The molecular weight excluding hydrogens is 420 g/mol. The molecule has 32 heavy (non-hydrogen) atoms. The molecule has 1 aliphatic rings. The van der Waals surface area contributed by atoms with Gasteiger partial charge in [0.05, 0.1) is 6.54 Å². The SMILES string of the molecule is CCCC(=O)[C@H](CS)NOC(=O)CN1CCC(C(c2ccccc2)c2ccccc2)CC1. The molecule has 6 heteroatoms. The molecule has 1 N–H and O–H groups in total. The Hall–Kier alpha value is -2.15. The highest BCUT2D eigenvalue weighted by molar-refractivity contribution is 7.80. The van der Waals surface area contributed by atoms with Gasteiger partial charge in [-0.15, -0.1) is 5.48 Å². The van der Waals surface area contributed by atoms with Crippen LogP contribution in [0.25, 0.3) is 0 Å². The largest absolute Gasteiger partial charge is 0.369 e. The lowest BCUT2D eigenvalue weighted by molar-refractivity contribution is -0.155. The molecule has 2 aromatic rings. The number of benzene rings is 2. The van der Waals surface area contributed by atoms with Gasteiger partial charge in [0.1, 0.15) is 6.04 Å². The second kappa shape index (κ2) is 12.8. The van der Waals surface area contributed by atoms with E-state index in [1.54, 1.807) is 0 Å². The van der Waals surface area contributed by atoms with Crippen molar-refractivity contribution >= 4 is 24.4 Å². The summed E-state index contributed by atoms with van der Waals surface area (Å²) >= 11 is 4.19. The minimum Gasteiger partial charge on any atom is -0.369 e. The highest BCUT2D eigenvalue weighted by Crippen LogP contribution is 2.37. The Morgan fingerprint density at radius 3 is 2.09 bits per heavy atom. The smallest absolute Gasteiger partial charge is 0.338 e. The Kier molecular flexibility index (Phi) is 9.78. The molecule has 1 aliphatic heterocycles. The number of Topliss-reactive ketones (excluding diaryl/α,β-unsaturated/α-hetero) is 1. The molecule has 2 aromatic carbocycles. The van der Waals surface area contributed by atoms with Crippen molar-refractivity contribution in [3.63, 3.8) is 0 Å². The number of nitrogens with one attached hydrogen (secondary N) is 1. The van der Waals surface area contributed by atoms with Crippen LogP contribution in [0, 0.1) is 5.92 Å². The number of carbonyl (C=O) groups is 2. The third kappa shape index (κ3) is 6.92. The van der Waals surface area contributed by atoms with Crippen LogP contribution in [0.3, 0.4) is 0 Å². The molecule has 0 aliphatic carbocycles. The van der Waals surface area contributed by atoms with Gasteiger partial charge in [0, 0.05) is 18.1 Å². The van der Waals surface area contributed by atoms with Crippen molar-refractivity contribution in [3.05, 3.63) is 71.8 Å². The van der Waals surface area contributed by atoms with E-state index in [4.69, 9.17) is 4.84 Å². The van der Waals surface area contributed by atoms with E-state index >= 15 is 0 Å². The summed E-state index contributed by atoms with van der Waals surface area (Å²) in [5.41, 5.74) is 5.30. The molecule has 1 fully saturated rings. The number of hydroxylamine groups is 1. The van der Waals surface area contributed by atoms with E-state index < -0.39 is 6.04 Å². The molecule has 0 spiro atoms. The van der Waals surface area contributed by atoms with Gasteiger partial charge >= 0.3 is 5.97 Å². The van der Waals surface area contributed by atoms with E-state index in [2.05, 4.69) is 83.7 Å². The topological polar surface area (TPSA) is 58.6 Å². The highest BCUT2D eigenvalue weighted by atomic mass is 32.1. The van der Waals surface area contributed by atoms with Crippen molar-refractivity contribution in [1.82, 2.24) is 10.4 Å². The lowest BCUT2D eigenvalue weighted by atomic mass is 9.76. The second-order valence-electron chi connectivity index (χ2n) is 8.46. The molecule has 0 amide bonds. The lowest BCUT2D eigenvalue weighted by Gasteiger charge is -2.36. The van der Waals surface area contributed by atoms with Crippen molar-refractivity contribution in [2.45, 2.75) is 44.6 Å². The zero-order valence-corrected chi connectivity index (χ0v) is 19.7. The molecule has 3 rings (SSSR count). The van der Waals surface area contributed by atoms with Gasteiger partial charge < -0.3 is 4.84 Å². The number of nitrogens with zero attached hydrogens (tertiary/aromatic N) is 1. The van der Waals surface area contributed by atoms with Gasteiger partial charge in [-0.05, 0) is 49.4 Å². The summed E-state index contributed by atoms with van der Waals surface area (Å²) < 4.78 is 0. The fraction of sp³-hybridized carbons (Fsp3) is 0.462. The van der Waals surface area contributed by atoms with Crippen LogP contribution in [-0.2, 0) is 14.4 Å². The Labute approximate surface area is 196 Å². The van der Waals surface area contributed by atoms with Gasteiger partial charge in [0.2, 0.25) is 0 Å². The van der Waals surface area contributed by atoms with Crippen molar-refractivity contribution in [1.29, 1.82) is 0 Å². The first-order valence-electron chi connectivity index (χ1n) is 11.5. The molecule has 1 heterocycles. The average molecular weight is 455 g/mol. The van der Waals surface area contributed by atoms with E-state index in [9.17, 15) is 9.59 Å². The van der Waals surface area contributed by atoms with E-state index in [0.717, 1.165) is 32.4 Å². The molecule has 1 atom stereocenters.